The molecule has 0 aliphatic carbocycles. The summed E-state index contributed by atoms with van der Waals surface area (Å²) in [6.07, 6.45) is 0. The normalized spacial score (nSPS) is 11.6. The Morgan fingerprint density at radius 1 is 1.21 bits per heavy atom. The van der Waals surface area contributed by atoms with Crippen LogP contribution in [0.5, 0.6) is 0 Å². The molecule has 0 atom stereocenters. The molecule has 0 aliphatic heterocycles. The third kappa shape index (κ3) is 6.31. The summed E-state index contributed by atoms with van der Waals surface area (Å²) in [5.41, 5.74) is -0.0742. The molecule has 0 unspecified atom stereocenters. The zero-order valence-electron chi connectivity index (χ0n) is 12.0. The van der Waals surface area contributed by atoms with Crippen LogP contribution in [-0.4, -0.2) is 43.4 Å². The molecule has 0 saturated heterocycles. The number of nitrogens with zero attached hydrogens (tertiary/aromatic N) is 2. The van der Waals surface area contributed by atoms with Crippen LogP contribution in [0.1, 0.15) is 26.6 Å². The van der Waals surface area contributed by atoms with Crippen LogP contribution in [0, 0.1) is 0 Å². The Balaban J connectivity index is 2.48. The number of hydrogen-bond acceptors (Lipinski definition) is 5. The van der Waals surface area contributed by atoms with Crippen LogP contribution in [0.2, 0.25) is 0 Å². The second-order valence-electron chi connectivity index (χ2n) is 5.18. The number of anilines is 1. The molecular formula is C13H22BrN3O2. The van der Waals surface area contributed by atoms with Gasteiger partial charge in [-0.25, -0.2) is 9.97 Å². The molecule has 0 fully saturated rings. The second kappa shape index (κ2) is 7.77. The van der Waals surface area contributed by atoms with Crippen molar-refractivity contribution in [2.45, 2.75) is 26.2 Å². The maximum Gasteiger partial charge on any atom is 0.137 e. The highest BCUT2D eigenvalue weighted by atomic mass is 79.9. The molecule has 0 saturated carbocycles. The van der Waals surface area contributed by atoms with E-state index in [0.29, 0.717) is 26.4 Å². The highest BCUT2D eigenvalue weighted by molar-refractivity contribution is 9.10. The first kappa shape index (κ1) is 16.3. The molecular weight excluding hydrogens is 310 g/mol. The SMILES string of the molecule is COCCOCCNc1cc(Br)nc(C(C)(C)C)n1. The van der Waals surface area contributed by atoms with E-state index >= 15 is 0 Å². The monoisotopic (exact) mass is 331 g/mol. The van der Waals surface area contributed by atoms with Gasteiger partial charge in [-0.1, -0.05) is 20.8 Å². The molecule has 1 heterocycles. The molecule has 108 valence electrons. The third-order valence-corrected chi connectivity index (χ3v) is 2.76. The number of methoxy groups -OCH3 is 1. The molecule has 0 bridgehead atoms. The molecule has 0 amide bonds. The summed E-state index contributed by atoms with van der Waals surface area (Å²) in [6.45, 7) is 8.82. The van der Waals surface area contributed by atoms with E-state index in [-0.39, 0.29) is 5.41 Å². The highest BCUT2D eigenvalue weighted by Crippen LogP contribution is 2.22. The van der Waals surface area contributed by atoms with Crippen molar-refractivity contribution >= 4 is 21.7 Å². The number of rotatable bonds is 7. The minimum Gasteiger partial charge on any atom is -0.382 e. The van der Waals surface area contributed by atoms with Gasteiger partial charge in [-0.15, -0.1) is 0 Å². The van der Waals surface area contributed by atoms with Crippen molar-refractivity contribution in [1.82, 2.24) is 9.97 Å². The number of hydrogen-bond donors (Lipinski definition) is 1. The van der Waals surface area contributed by atoms with E-state index in [2.05, 4.69) is 52.0 Å². The summed E-state index contributed by atoms with van der Waals surface area (Å²) < 4.78 is 11.1. The van der Waals surface area contributed by atoms with Crippen molar-refractivity contribution in [3.63, 3.8) is 0 Å². The predicted octanol–water partition coefficient (Wildman–Crippen LogP) is 2.61. The molecule has 5 nitrogen and oxygen atoms in total. The maximum absolute atomic E-state index is 5.38. The minimum atomic E-state index is -0.0742. The lowest BCUT2D eigenvalue weighted by molar-refractivity contribution is 0.0759. The summed E-state index contributed by atoms with van der Waals surface area (Å²) in [4.78, 5) is 8.90. The van der Waals surface area contributed by atoms with E-state index in [4.69, 9.17) is 9.47 Å². The van der Waals surface area contributed by atoms with Gasteiger partial charge >= 0.3 is 0 Å². The quantitative estimate of drug-likeness (QED) is 0.614. The van der Waals surface area contributed by atoms with Gasteiger partial charge in [0.25, 0.3) is 0 Å². The average molecular weight is 332 g/mol. The zero-order chi connectivity index (χ0) is 14.3. The van der Waals surface area contributed by atoms with Crippen molar-refractivity contribution in [1.29, 1.82) is 0 Å². The lowest BCUT2D eigenvalue weighted by atomic mass is 9.96. The first-order chi connectivity index (χ1) is 8.93. The number of nitrogens with one attached hydrogen (secondary N) is 1. The van der Waals surface area contributed by atoms with E-state index in [1.165, 1.54) is 0 Å². The molecule has 0 aliphatic rings. The van der Waals surface area contributed by atoms with Gasteiger partial charge < -0.3 is 14.8 Å². The summed E-state index contributed by atoms with van der Waals surface area (Å²) >= 11 is 3.41. The maximum atomic E-state index is 5.38. The standard InChI is InChI=1S/C13H22BrN3O2/c1-13(2,3)12-16-10(14)9-11(17-12)15-5-6-19-8-7-18-4/h9H,5-8H2,1-4H3,(H,15,16,17). The minimum absolute atomic E-state index is 0.0742. The van der Waals surface area contributed by atoms with E-state index < -0.39 is 0 Å². The molecule has 1 N–H and O–H groups in total. The Labute approximate surface area is 123 Å². The zero-order valence-corrected chi connectivity index (χ0v) is 13.6. The third-order valence-electron chi connectivity index (χ3n) is 2.35. The van der Waals surface area contributed by atoms with Gasteiger partial charge in [0.2, 0.25) is 0 Å². The first-order valence-electron chi connectivity index (χ1n) is 6.29. The van der Waals surface area contributed by atoms with E-state index in [0.717, 1.165) is 16.2 Å². The smallest absolute Gasteiger partial charge is 0.137 e. The Morgan fingerprint density at radius 2 is 1.95 bits per heavy atom. The predicted molar refractivity (Wildman–Crippen MR) is 79.6 cm³/mol. The fourth-order valence-corrected chi connectivity index (χ4v) is 1.72. The Hall–Kier alpha value is -0.720. The lowest BCUT2D eigenvalue weighted by Crippen LogP contribution is -2.18. The summed E-state index contributed by atoms with van der Waals surface area (Å²) in [7, 11) is 1.66. The van der Waals surface area contributed by atoms with E-state index in [1.54, 1.807) is 7.11 Å². The second-order valence-corrected chi connectivity index (χ2v) is 5.99. The van der Waals surface area contributed by atoms with Gasteiger partial charge in [0.1, 0.15) is 16.2 Å². The topological polar surface area (TPSA) is 56.3 Å². The summed E-state index contributed by atoms with van der Waals surface area (Å²) in [5, 5.41) is 3.23. The molecule has 0 spiro atoms. The Bertz CT molecular complexity index is 394. The van der Waals surface area contributed by atoms with Crippen LogP contribution in [0.15, 0.2) is 10.7 Å². The molecule has 0 aromatic carbocycles. The van der Waals surface area contributed by atoms with Gasteiger partial charge in [0.05, 0.1) is 19.8 Å². The van der Waals surface area contributed by atoms with Crippen LogP contribution in [0.3, 0.4) is 0 Å². The molecule has 1 aromatic heterocycles. The number of halogens is 1. The van der Waals surface area contributed by atoms with Crippen LogP contribution in [0.25, 0.3) is 0 Å². The Morgan fingerprint density at radius 3 is 2.58 bits per heavy atom. The molecule has 1 aromatic rings. The molecule has 1 rings (SSSR count). The van der Waals surface area contributed by atoms with Crippen LogP contribution in [-0.2, 0) is 14.9 Å². The fraction of sp³-hybridized carbons (Fsp3) is 0.692. The van der Waals surface area contributed by atoms with Crippen LogP contribution < -0.4 is 5.32 Å². The lowest BCUT2D eigenvalue weighted by Gasteiger charge is -2.18. The summed E-state index contributed by atoms with van der Waals surface area (Å²) in [6, 6.07) is 1.87. The van der Waals surface area contributed by atoms with Crippen molar-refractivity contribution in [2.24, 2.45) is 0 Å². The van der Waals surface area contributed by atoms with Crippen molar-refractivity contribution < 1.29 is 9.47 Å². The van der Waals surface area contributed by atoms with Crippen LogP contribution >= 0.6 is 15.9 Å². The molecule has 0 radical (unpaired) electrons. The molecule has 19 heavy (non-hydrogen) atoms. The van der Waals surface area contributed by atoms with E-state index in [1.807, 2.05) is 6.07 Å². The highest BCUT2D eigenvalue weighted by Gasteiger charge is 2.18. The fourth-order valence-electron chi connectivity index (χ4n) is 1.34. The van der Waals surface area contributed by atoms with Gasteiger partial charge in [0.15, 0.2) is 0 Å². The van der Waals surface area contributed by atoms with E-state index in [9.17, 15) is 0 Å². The van der Waals surface area contributed by atoms with Crippen molar-refractivity contribution in [3.8, 4) is 0 Å². The average Bonchev–Trinajstić information content (AvgIpc) is 2.32. The van der Waals surface area contributed by atoms with Crippen molar-refractivity contribution in [3.05, 3.63) is 16.5 Å². The largest absolute Gasteiger partial charge is 0.382 e. The molecule has 6 heteroatoms. The van der Waals surface area contributed by atoms with Crippen LogP contribution in [0.4, 0.5) is 5.82 Å². The number of aromatic nitrogens is 2. The van der Waals surface area contributed by atoms with Gasteiger partial charge in [-0.2, -0.15) is 0 Å². The first-order valence-corrected chi connectivity index (χ1v) is 7.08. The summed E-state index contributed by atoms with van der Waals surface area (Å²) in [5.74, 6) is 1.62. The number of ether oxygens (including phenoxy) is 2. The van der Waals surface area contributed by atoms with Gasteiger partial charge in [-0.05, 0) is 15.9 Å². The van der Waals surface area contributed by atoms with Crippen molar-refractivity contribution in [2.75, 3.05) is 38.8 Å². The van der Waals surface area contributed by atoms with Gasteiger partial charge in [0, 0.05) is 25.1 Å². The van der Waals surface area contributed by atoms with Gasteiger partial charge in [-0.3, -0.25) is 0 Å². The Kier molecular flexibility index (Phi) is 6.68.